The van der Waals surface area contributed by atoms with Crippen LogP contribution in [0.2, 0.25) is 0 Å². The van der Waals surface area contributed by atoms with Gasteiger partial charge in [-0.1, -0.05) is 279 Å². The Morgan fingerprint density at radius 1 is 0.280 bits per heavy atom. The Labute approximate surface area is 464 Å². The maximum Gasteiger partial charge on any atom is 0.306 e. The van der Waals surface area contributed by atoms with Gasteiger partial charge in [0.05, 0.1) is 0 Å². The van der Waals surface area contributed by atoms with Crippen LogP contribution in [-0.2, 0) is 28.6 Å². The molecule has 0 radical (unpaired) electrons. The number of allylic oxidation sites excluding steroid dienone is 16. The fraction of sp³-hybridized carbons (Fsp3) is 0.725. The van der Waals surface area contributed by atoms with E-state index in [0.717, 1.165) is 109 Å². The Hall–Kier alpha value is -3.67. The lowest BCUT2D eigenvalue weighted by Crippen LogP contribution is -2.30. The van der Waals surface area contributed by atoms with Crippen molar-refractivity contribution < 1.29 is 28.6 Å². The Balaban J connectivity index is 4.17. The molecule has 0 heterocycles. The second kappa shape index (κ2) is 62.9. The molecular formula is C69H118O6. The van der Waals surface area contributed by atoms with Crippen molar-refractivity contribution in [2.45, 2.75) is 309 Å². The van der Waals surface area contributed by atoms with E-state index < -0.39 is 6.10 Å². The first-order valence-electron chi connectivity index (χ1n) is 31.7. The first-order chi connectivity index (χ1) is 37.0. The van der Waals surface area contributed by atoms with Gasteiger partial charge >= 0.3 is 17.9 Å². The van der Waals surface area contributed by atoms with Crippen LogP contribution in [0, 0.1) is 0 Å². The van der Waals surface area contributed by atoms with Crippen LogP contribution < -0.4 is 0 Å². The zero-order valence-electron chi connectivity index (χ0n) is 49.3. The number of hydrogen-bond donors (Lipinski definition) is 0. The summed E-state index contributed by atoms with van der Waals surface area (Å²) in [6, 6.07) is 0. The number of carbonyl (C=O) groups is 3. The summed E-state index contributed by atoms with van der Waals surface area (Å²) in [5.41, 5.74) is 0. The molecule has 6 heteroatoms. The van der Waals surface area contributed by atoms with E-state index in [2.05, 4.69) is 118 Å². The van der Waals surface area contributed by atoms with E-state index in [9.17, 15) is 14.4 Å². The molecular weight excluding hydrogens is 925 g/mol. The summed E-state index contributed by atoms with van der Waals surface area (Å²) in [5.74, 6) is -0.894. The van der Waals surface area contributed by atoms with Crippen molar-refractivity contribution in [3.63, 3.8) is 0 Å². The van der Waals surface area contributed by atoms with E-state index >= 15 is 0 Å². The average molecular weight is 1040 g/mol. The maximum atomic E-state index is 12.9. The van der Waals surface area contributed by atoms with Crippen LogP contribution >= 0.6 is 0 Å². The van der Waals surface area contributed by atoms with E-state index in [0.29, 0.717) is 19.3 Å². The van der Waals surface area contributed by atoms with Gasteiger partial charge in [0.1, 0.15) is 13.2 Å². The van der Waals surface area contributed by atoms with Crippen molar-refractivity contribution in [1.82, 2.24) is 0 Å². The molecule has 0 aliphatic carbocycles. The molecule has 1 atom stereocenters. The van der Waals surface area contributed by atoms with Gasteiger partial charge in [-0.3, -0.25) is 14.4 Å². The fourth-order valence-corrected chi connectivity index (χ4v) is 8.83. The smallest absolute Gasteiger partial charge is 0.306 e. The molecule has 0 aromatic rings. The Morgan fingerprint density at radius 3 is 0.813 bits per heavy atom. The summed E-state index contributed by atoms with van der Waals surface area (Å²) in [4.78, 5) is 38.1. The minimum absolute atomic E-state index is 0.0815. The Kier molecular flexibility index (Phi) is 59.8. The van der Waals surface area contributed by atoms with Crippen LogP contribution in [0.4, 0.5) is 0 Å². The fourth-order valence-electron chi connectivity index (χ4n) is 8.83. The number of esters is 3. The third-order valence-electron chi connectivity index (χ3n) is 13.6. The molecule has 0 amide bonds. The normalized spacial score (nSPS) is 12.7. The first-order valence-corrected chi connectivity index (χ1v) is 31.7. The predicted octanol–water partition coefficient (Wildman–Crippen LogP) is 21.7. The minimum atomic E-state index is -0.783. The molecule has 430 valence electrons. The maximum absolute atomic E-state index is 12.9. The van der Waals surface area contributed by atoms with Gasteiger partial charge in [0.15, 0.2) is 6.10 Å². The highest BCUT2D eigenvalue weighted by atomic mass is 16.6. The van der Waals surface area contributed by atoms with Gasteiger partial charge in [-0.15, -0.1) is 0 Å². The highest BCUT2D eigenvalue weighted by Crippen LogP contribution is 2.16. The number of rotatable bonds is 57. The predicted molar refractivity (Wildman–Crippen MR) is 325 cm³/mol. The van der Waals surface area contributed by atoms with Gasteiger partial charge in [0.2, 0.25) is 0 Å². The molecule has 0 bridgehead atoms. The van der Waals surface area contributed by atoms with Crippen LogP contribution in [0.3, 0.4) is 0 Å². The largest absolute Gasteiger partial charge is 0.462 e. The quantitative estimate of drug-likeness (QED) is 0.0261. The van der Waals surface area contributed by atoms with Crippen molar-refractivity contribution in [2.75, 3.05) is 13.2 Å². The van der Waals surface area contributed by atoms with Gasteiger partial charge in [-0.05, 0) is 103 Å². The van der Waals surface area contributed by atoms with Crippen molar-refractivity contribution in [3.05, 3.63) is 97.2 Å². The lowest BCUT2D eigenvalue weighted by atomic mass is 10.0. The summed E-state index contributed by atoms with van der Waals surface area (Å²) in [5, 5.41) is 0. The molecule has 0 spiro atoms. The number of unbranched alkanes of at least 4 members (excludes halogenated alkanes) is 30. The lowest BCUT2D eigenvalue weighted by molar-refractivity contribution is -0.167. The molecule has 0 saturated heterocycles. The van der Waals surface area contributed by atoms with E-state index in [1.165, 1.54) is 154 Å². The van der Waals surface area contributed by atoms with E-state index in [-0.39, 0.29) is 31.1 Å². The van der Waals surface area contributed by atoms with Crippen LogP contribution in [0.25, 0.3) is 0 Å². The van der Waals surface area contributed by atoms with Crippen LogP contribution in [0.1, 0.15) is 303 Å². The molecule has 0 aliphatic rings. The second-order valence-corrected chi connectivity index (χ2v) is 20.9. The number of carbonyl (C=O) groups excluding carboxylic acids is 3. The molecule has 0 N–H and O–H groups in total. The topological polar surface area (TPSA) is 78.9 Å². The van der Waals surface area contributed by atoms with Crippen LogP contribution in [-0.4, -0.2) is 37.2 Å². The van der Waals surface area contributed by atoms with E-state index in [1.807, 2.05) is 0 Å². The highest BCUT2D eigenvalue weighted by molar-refractivity contribution is 5.71. The molecule has 0 aromatic carbocycles. The highest BCUT2D eigenvalue weighted by Gasteiger charge is 2.19. The summed E-state index contributed by atoms with van der Waals surface area (Å²) in [7, 11) is 0. The average Bonchev–Trinajstić information content (AvgIpc) is 3.41. The Bertz CT molecular complexity index is 1480. The van der Waals surface area contributed by atoms with Gasteiger partial charge in [-0.25, -0.2) is 0 Å². The third-order valence-corrected chi connectivity index (χ3v) is 13.6. The van der Waals surface area contributed by atoms with Crippen molar-refractivity contribution in [1.29, 1.82) is 0 Å². The molecule has 6 nitrogen and oxygen atoms in total. The molecule has 0 fully saturated rings. The SMILES string of the molecule is CC/C=C\C/C=C\C/C=C\C/C=C\C/C=C\CCCCCCCCCC(=O)OC(COC(=O)CCCCCCCCC)COC(=O)CCCCCCCCCCCCCC/C=C\C/C=C\C/C=C\CCCCCCC. The van der Waals surface area contributed by atoms with Gasteiger partial charge in [0.25, 0.3) is 0 Å². The first kappa shape index (κ1) is 71.3. The van der Waals surface area contributed by atoms with Crippen LogP contribution in [0.5, 0.6) is 0 Å². The third kappa shape index (κ3) is 61.1. The monoisotopic (exact) mass is 1040 g/mol. The minimum Gasteiger partial charge on any atom is -0.462 e. The molecule has 75 heavy (non-hydrogen) atoms. The molecule has 0 aliphatic heterocycles. The lowest BCUT2D eigenvalue weighted by Gasteiger charge is -2.18. The van der Waals surface area contributed by atoms with E-state index in [1.54, 1.807) is 0 Å². The van der Waals surface area contributed by atoms with Gasteiger partial charge in [0, 0.05) is 19.3 Å². The van der Waals surface area contributed by atoms with Gasteiger partial charge in [-0.2, -0.15) is 0 Å². The number of ether oxygens (including phenoxy) is 3. The molecule has 0 saturated carbocycles. The zero-order chi connectivity index (χ0) is 54.3. The molecule has 0 rings (SSSR count). The van der Waals surface area contributed by atoms with Crippen molar-refractivity contribution in [3.8, 4) is 0 Å². The summed E-state index contributed by atoms with van der Waals surface area (Å²) < 4.78 is 16.8. The van der Waals surface area contributed by atoms with Crippen molar-refractivity contribution in [2.24, 2.45) is 0 Å². The standard InChI is InChI=1S/C69H118O6/c1-4-7-10-13-16-18-20-22-24-26-28-30-32-33-34-35-37-38-40-42-44-46-48-50-53-56-59-62-68(71)74-65-66(64-73-67(70)61-58-55-52-15-12-9-6-3)75-69(72)63-60-57-54-51-49-47-45-43-41-39-36-31-29-27-25-23-21-19-17-14-11-8-5-2/h8,11,17,19-20,22-23,25-26,28-29,31-33,39,41,66H,4-7,9-10,12-16,18,21,24,27,30,34-38,40,42-65H2,1-3H3/b11-8-,19-17-,22-20-,25-23-,28-26-,31-29-,33-32-,41-39-. The summed E-state index contributed by atoms with van der Waals surface area (Å²) in [6.07, 6.45) is 84.3. The molecule has 0 aromatic heterocycles. The summed E-state index contributed by atoms with van der Waals surface area (Å²) >= 11 is 0. The Morgan fingerprint density at radius 2 is 0.520 bits per heavy atom. The summed E-state index contributed by atoms with van der Waals surface area (Å²) in [6.45, 7) is 6.48. The number of hydrogen-bond acceptors (Lipinski definition) is 6. The zero-order valence-corrected chi connectivity index (χ0v) is 49.3. The second-order valence-electron chi connectivity index (χ2n) is 20.9. The van der Waals surface area contributed by atoms with Crippen LogP contribution in [0.15, 0.2) is 97.2 Å². The molecule has 1 unspecified atom stereocenters. The van der Waals surface area contributed by atoms with Gasteiger partial charge < -0.3 is 14.2 Å². The van der Waals surface area contributed by atoms with Crippen molar-refractivity contribution >= 4 is 17.9 Å². The van der Waals surface area contributed by atoms with E-state index in [4.69, 9.17) is 14.2 Å².